The van der Waals surface area contributed by atoms with E-state index in [1.165, 1.54) is 49.3 Å². The summed E-state index contributed by atoms with van der Waals surface area (Å²) in [5.74, 6) is 0. The highest BCUT2D eigenvalue weighted by atomic mass is 16.3. The van der Waals surface area contributed by atoms with Crippen molar-refractivity contribution in [3.05, 3.63) is 522 Å². The van der Waals surface area contributed by atoms with Crippen LogP contribution in [-0.4, -0.2) is 9.13 Å². The van der Waals surface area contributed by atoms with Gasteiger partial charge in [-0.25, -0.2) is 0 Å². The van der Waals surface area contributed by atoms with Crippen molar-refractivity contribution >= 4 is 122 Å². The molecule has 138 heavy (non-hydrogen) atoms. The first-order chi connectivity index (χ1) is 68.5. The van der Waals surface area contributed by atoms with Gasteiger partial charge in [0.25, 0.3) is 0 Å². The third-order valence-corrected chi connectivity index (χ3v) is 27.8. The van der Waals surface area contributed by atoms with Crippen LogP contribution in [0.4, 0.5) is 34.1 Å². The van der Waals surface area contributed by atoms with Gasteiger partial charge >= 0.3 is 0 Å². The molecule has 0 amide bonds. The van der Waals surface area contributed by atoms with Crippen LogP contribution in [0.1, 0.15) is 0 Å². The van der Waals surface area contributed by atoms with E-state index in [0.29, 0.717) is 0 Å². The molecule has 22 aromatic carbocycles. The molecule has 0 saturated heterocycles. The van der Waals surface area contributed by atoms with Crippen LogP contribution in [-0.2, 0) is 0 Å². The van der Waals surface area contributed by atoms with Gasteiger partial charge in [-0.05, 0) is 216 Å². The number of aromatic nitrogens is 2. The standard InChI is InChI=1S/C132H86N4O2/c1-3-32-89(33-4-1)103-42-7-8-43-104(103)91-70-78-100(79-71-91)133(123-59-20-14-49-111(123)116-53-30-55-118-114-51-16-25-64-129(114)137-131(116)118)99-74-66-87(67-75-99)93-37-28-39-97(83-93)107-45-10-19-58-122(107)136-127-63-24-13-48-110(127)113-81-73-95(86-128(113)136)94-72-80-105(120(85-94)90-34-5-2-6-35-90)98-40-29-41-102(84-98)134(124-60-21-15-50-112(124)117-54-31-56-119-115-52-17-26-65-130(115)138-132(117)119)101-76-68-88(69-77-101)92-36-27-38-96(82-92)106-44-9-18-57-121(106)135-125-61-22-11-46-108(125)109-47-12-23-62-126(109)135/h1-86H. The summed E-state index contributed by atoms with van der Waals surface area (Å²) in [6, 6.07) is 190. The summed E-state index contributed by atoms with van der Waals surface area (Å²) < 4.78 is 18.6. The Balaban J connectivity index is 0.552. The van der Waals surface area contributed by atoms with Gasteiger partial charge in [0, 0.05) is 99.2 Å². The van der Waals surface area contributed by atoms with Crippen LogP contribution in [0.3, 0.4) is 0 Å². The molecule has 0 aliphatic rings. The number of hydrogen-bond donors (Lipinski definition) is 0. The molecule has 0 bridgehead atoms. The quantitative estimate of drug-likeness (QED) is 0.0809. The molecule has 0 fully saturated rings. The Morgan fingerprint density at radius 2 is 0.449 bits per heavy atom. The highest BCUT2D eigenvalue weighted by Crippen LogP contribution is 2.51. The van der Waals surface area contributed by atoms with Crippen LogP contribution in [0, 0.1) is 0 Å². The molecule has 0 atom stereocenters. The number of rotatable bonds is 19. The van der Waals surface area contributed by atoms with Gasteiger partial charge in [-0.2, -0.15) is 0 Å². The molecule has 0 aliphatic carbocycles. The summed E-state index contributed by atoms with van der Waals surface area (Å²) in [5.41, 5.74) is 40.9. The number of furan rings is 2. The highest BCUT2D eigenvalue weighted by Gasteiger charge is 2.27. The monoisotopic (exact) mass is 1760 g/mol. The number of benzene rings is 22. The molecule has 0 saturated carbocycles. The van der Waals surface area contributed by atoms with Crippen molar-refractivity contribution < 1.29 is 8.83 Å². The minimum Gasteiger partial charge on any atom is -0.455 e. The average molecular weight is 1760 g/mol. The van der Waals surface area contributed by atoms with Crippen molar-refractivity contribution in [2.24, 2.45) is 0 Å². The van der Waals surface area contributed by atoms with E-state index in [-0.39, 0.29) is 0 Å². The van der Waals surface area contributed by atoms with Crippen LogP contribution in [0.25, 0.3) is 221 Å². The molecule has 0 aliphatic heterocycles. The van der Waals surface area contributed by atoms with E-state index >= 15 is 0 Å². The SMILES string of the molecule is c1ccc(-c2ccccc2-c2ccc(N(c3ccc(-c4cccc(-c5ccccc5-n5c6ccccc6c6ccc(-c7ccc(-c8cccc(N(c9ccc(-c%10cccc(-c%11ccccc%11-n%11c%12ccccc%12c%12ccccc%12%11)c%10)cc9)c9ccccc9-c9cccc%10c9oc9ccccc9%10)c8)c(-c8ccccc8)c7)cc65)c4)cc3)c3ccccc3-c3cccc4c3oc3ccccc34)cc2)cc1. The van der Waals surface area contributed by atoms with Crippen molar-refractivity contribution in [1.29, 1.82) is 0 Å². The lowest BCUT2D eigenvalue weighted by Crippen LogP contribution is -2.11. The predicted molar refractivity (Wildman–Crippen MR) is 579 cm³/mol. The number of hydrogen-bond acceptors (Lipinski definition) is 4. The van der Waals surface area contributed by atoms with Gasteiger partial charge in [0.05, 0.1) is 44.8 Å². The highest BCUT2D eigenvalue weighted by molar-refractivity contribution is 6.15. The molecular formula is C132H86N4O2. The Labute approximate surface area is 799 Å². The van der Waals surface area contributed by atoms with Crippen LogP contribution in [0.15, 0.2) is 531 Å². The summed E-state index contributed by atoms with van der Waals surface area (Å²) in [6.07, 6.45) is 0. The molecule has 0 N–H and O–H groups in total. The Kier molecular flexibility index (Phi) is 19.9. The van der Waals surface area contributed by atoms with E-state index in [1.807, 2.05) is 12.1 Å². The number of fused-ring (bicyclic) bond motifs is 12. The lowest BCUT2D eigenvalue weighted by Gasteiger charge is -2.28. The third-order valence-electron chi connectivity index (χ3n) is 27.8. The van der Waals surface area contributed by atoms with E-state index in [4.69, 9.17) is 8.83 Å². The van der Waals surface area contributed by atoms with Crippen molar-refractivity contribution in [3.63, 3.8) is 0 Å². The Morgan fingerprint density at radius 3 is 0.949 bits per heavy atom. The van der Waals surface area contributed by atoms with Gasteiger partial charge in [-0.15, -0.1) is 0 Å². The Morgan fingerprint density at radius 1 is 0.145 bits per heavy atom. The molecule has 0 unspecified atom stereocenters. The molecule has 6 nitrogen and oxygen atoms in total. The zero-order valence-electron chi connectivity index (χ0n) is 75.3. The number of nitrogens with zero attached hydrogens (tertiary/aromatic N) is 4. The molecule has 26 aromatic rings. The lowest BCUT2D eigenvalue weighted by molar-refractivity contribution is 0.669. The smallest absolute Gasteiger partial charge is 0.143 e. The molecular weight excluding hydrogens is 1670 g/mol. The first-order valence-electron chi connectivity index (χ1n) is 47.2. The molecule has 0 radical (unpaired) electrons. The van der Waals surface area contributed by atoms with Crippen molar-refractivity contribution in [2.45, 2.75) is 0 Å². The normalized spacial score (nSPS) is 11.6. The summed E-state index contributed by atoms with van der Waals surface area (Å²) in [6.45, 7) is 0. The summed E-state index contributed by atoms with van der Waals surface area (Å²) in [7, 11) is 0. The van der Waals surface area contributed by atoms with Crippen molar-refractivity contribution in [1.82, 2.24) is 9.13 Å². The van der Waals surface area contributed by atoms with Crippen molar-refractivity contribution in [3.8, 4) is 134 Å². The van der Waals surface area contributed by atoms with E-state index in [1.54, 1.807) is 0 Å². The van der Waals surface area contributed by atoms with Gasteiger partial charge in [-0.1, -0.05) is 394 Å². The first-order valence-corrected chi connectivity index (χ1v) is 47.2. The van der Waals surface area contributed by atoms with Crippen LogP contribution in [0.5, 0.6) is 0 Å². The molecule has 646 valence electrons. The van der Waals surface area contributed by atoms with E-state index < -0.39 is 0 Å². The molecule has 4 heterocycles. The summed E-state index contributed by atoms with van der Waals surface area (Å²) in [5, 5.41) is 9.21. The third kappa shape index (κ3) is 14.0. The van der Waals surface area contributed by atoms with E-state index in [9.17, 15) is 0 Å². The number of para-hydroxylation sites is 11. The van der Waals surface area contributed by atoms with Gasteiger partial charge in [0.1, 0.15) is 22.3 Å². The van der Waals surface area contributed by atoms with Crippen molar-refractivity contribution in [2.75, 3.05) is 9.80 Å². The predicted octanol–water partition coefficient (Wildman–Crippen LogP) is 37.0. The topological polar surface area (TPSA) is 42.6 Å². The maximum atomic E-state index is 6.87. The van der Waals surface area contributed by atoms with E-state index in [0.717, 1.165) is 206 Å². The lowest BCUT2D eigenvalue weighted by atomic mass is 9.90. The zero-order valence-corrected chi connectivity index (χ0v) is 75.3. The maximum absolute atomic E-state index is 6.87. The Hall–Kier alpha value is -18.4. The molecule has 4 aromatic heterocycles. The fourth-order valence-electron chi connectivity index (χ4n) is 21.4. The fourth-order valence-corrected chi connectivity index (χ4v) is 21.4. The fraction of sp³-hybridized carbons (Fsp3) is 0. The molecule has 6 heteroatoms. The minimum atomic E-state index is 0.854. The first kappa shape index (κ1) is 80.5. The van der Waals surface area contributed by atoms with E-state index in [2.05, 4.69) is 529 Å². The second-order valence-corrected chi connectivity index (χ2v) is 35.6. The molecule has 0 spiro atoms. The van der Waals surface area contributed by atoms with Gasteiger partial charge in [0.15, 0.2) is 0 Å². The van der Waals surface area contributed by atoms with Gasteiger partial charge in [0.2, 0.25) is 0 Å². The maximum Gasteiger partial charge on any atom is 0.143 e. The second kappa shape index (κ2) is 34.0. The average Bonchev–Trinajstić information content (AvgIpc) is 1.57. The largest absolute Gasteiger partial charge is 0.455 e. The minimum absolute atomic E-state index is 0.854. The zero-order chi connectivity index (χ0) is 91.1. The number of anilines is 6. The molecule has 26 rings (SSSR count). The second-order valence-electron chi connectivity index (χ2n) is 35.6. The van der Waals surface area contributed by atoms with Crippen LogP contribution in [0.2, 0.25) is 0 Å². The van der Waals surface area contributed by atoms with Crippen LogP contribution >= 0.6 is 0 Å². The van der Waals surface area contributed by atoms with Gasteiger partial charge in [-0.3, -0.25) is 0 Å². The summed E-state index contributed by atoms with van der Waals surface area (Å²) in [4.78, 5) is 4.82. The van der Waals surface area contributed by atoms with Gasteiger partial charge < -0.3 is 27.8 Å². The Bertz CT molecular complexity index is 9160. The van der Waals surface area contributed by atoms with Crippen LogP contribution < -0.4 is 9.80 Å². The summed E-state index contributed by atoms with van der Waals surface area (Å²) >= 11 is 0.